The van der Waals surface area contributed by atoms with Crippen molar-refractivity contribution in [1.29, 1.82) is 0 Å². The summed E-state index contributed by atoms with van der Waals surface area (Å²) in [5, 5.41) is 9.80. The van der Waals surface area contributed by atoms with Crippen LogP contribution in [0.25, 0.3) is 0 Å². The van der Waals surface area contributed by atoms with E-state index in [2.05, 4.69) is 20.8 Å². The maximum Gasteiger partial charge on any atom is 0.317 e. The normalized spacial score (nSPS) is 24.8. The van der Waals surface area contributed by atoms with Gasteiger partial charge in [0.15, 0.2) is 5.60 Å². The molecule has 1 aliphatic carbocycles. The summed E-state index contributed by atoms with van der Waals surface area (Å²) in [6.45, 7) is 1.49. The molecule has 3 amide bonds. The zero-order chi connectivity index (χ0) is 17.3. The number of nitrogens with one attached hydrogen (secondary N) is 2. The molecule has 2 aliphatic heterocycles. The number of hydrogen-bond acceptors (Lipinski definition) is 5. The first-order chi connectivity index (χ1) is 12.1. The molecule has 1 atom stereocenters. The van der Waals surface area contributed by atoms with E-state index in [0.717, 1.165) is 18.4 Å². The number of aromatic nitrogens is 1. The van der Waals surface area contributed by atoms with Crippen molar-refractivity contribution in [2.24, 2.45) is 5.16 Å². The van der Waals surface area contributed by atoms with Gasteiger partial charge in [-0.05, 0) is 24.5 Å². The Hall–Kier alpha value is -2.64. The Morgan fingerprint density at radius 3 is 3.04 bits per heavy atom. The molecule has 25 heavy (non-hydrogen) atoms. The van der Waals surface area contributed by atoms with Crippen molar-refractivity contribution in [2.45, 2.75) is 43.9 Å². The number of nitrogens with zero attached hydrogens (tertiary/aromatic N) is 3. The molecule has 1 spiro atoms. The number of amides is 3. The third kappa shape index (κ3) is 3.57. The number of hydrogen-bond donors (Lipinski definition) is 2. The number of carbonyl (C=O) groups is 2. The minimum atomic E-state index is -0.554. The zero-order valence-electron chi connectivity index (χ0n) is 13.9. The molecule has 1 unspecified atom stereocenters. The number of rotatable bonds is 4. The van der Waals surface area contributed by atoms with Crippen LogP contribution in [0.5, 0.6) is 0 Å². The lowest BCUT2D eigenvalue weighted by Crippen LogP contribution is -2.43. The molecular formula is C17H21N5O3. The van der Waals surface area contributed by atoms with Gasteiger partial charge in [0.05, 0.1) is 6.54 Å². The molecular weight excluding hydrogens is 322 g/mol. The quantitative estimate of drug-likeness (QED) is 0.845. The van der Waals surface area contributed by atoms with Crippen LogP contribution in [0, 0.1) is 0 Å². The number of carbonyl (C=O) groups excluding carboxylic acids is 2. The molecule has 132 valence electrons. The van der Waals surface area contributed by atoms with Crippen LogP contribution in [0.3, 0.4) is 0 Å². The summed E-state index contributed by atoms with van der Waals surface area (Å²) in [7, 11) is 0. The van der Waals surface area contributed by atoms with Gasteiger partial charge in [-0.2, -0.15) is 0 Å². The molecule has 0 radical (unpaired) electrons. The van der Waals surface area contributed by atoms with E-state index in [4.69, 9.17) is 4.84 Å². The van der Waals surface area contributed by atoms with Crippen LogP contribution < -0.4 is 10.6 Å². The SMILES string of the molecule is O=C(NCc1cccnc1)C1=NOC2(CCN(C(=O)NC3CC3)C2)C1. The van der Waals surface area contributed by atoms with Gasteiger partial charge in [0.25, 0.3) is 5.91 Å². The Morgan fingerprint density at radius 2 is 2.28 bits per heavy atom. The van der Waals surface area contributed by atoms with Gasteiger partial charge in [0.2, 0.25) is 0 Å². The number of urea groups is 1. The van der Waals surface area contributed by atoms with Gasteiger partial charge in [-0.1, -0.05) is 11.2 Å². The molecule has 2 N–H and O–H groups in total. The van der Waals surface area contributed by atoms with Crippen molar-refractivity contribution in [3.63, 3.8) is 0 Å². The third-order valence-corrected chi connectivity index (χ3v) is 4.79. The monoisotopic (exact) mass is 343 g/mol. The lowest BCUT2D eigenvalue weighted by Gasteiger charge is -2.21. The van der Waals surface area contributed by atoms with Crippen molar-refractivity contribution in [2.75, 3.05) is 13.1 Å². The molecule has 4 rings (SSSR count). The molecule has 1 aromatic rings. The fourth-order valence-electron chi connectivity index (χ4n) is 3.16. The smallest absolute Gasteiger partial charge is 0.317 e. The van der Waals surface area contributed by atoms with Crippen molar-refractivity contribution < 1.29 is 14.4 Å². The fourth-order valence-corrected chi connectivity index (χ4v) is 3.16. The van der Waals surface area contributed by atoms with Gasteiger partial charge in [0.1, 0.15) is 5.71 Å². The Labute approximate surface area is 145 Å². The molecule has 1 saturated carbocycles. The molecule has 0 bridgehead atoms. The average molecular weight is 343 g/mol. The van der Waals surface area contributed by atoms with Crippen LogP contribution in [0.15, 0.2) is 29.7 Å². The van der Waals surface area contributed by atoms with E-state index in [1.165, 1.54) is 0 Å². The summed E-state index contributed by atoms with van der Waals surface area (Å²) in [6, 6.07) is 4.01. The Balaban J connectivity index is 1.28. The van der Waals surface area contributed by atoms with E-state index in [1.54, 1.807) is 17.3 Å². The molecule has 8 heteroatoms. The van der Waals surface area contributed by atoms with Crippen molar-refractivity contribution >= 4 is 17.6 Å². The number of oxime groups is 1. The predicted octanol–water partition coefficient (Wildman–Crippen LogP) is 0.791. The highest BCUT2D eigenvalue weighted by Crippen LogP contribution is 2.34. The minimum Gasteiger partial charge on any atom is -0.386 e. The van der Waals surface area contributed by atoms with Gasteiger partial charge in [-0.3, -0.25) is 9.78 Å². The summed E-state index contributed by atoms with van der Waals surface area (Å²) in [4.78, 5) is 35.8. The summed E-state index contributed by atoms with van der Waals surface area (Å²) < 4.78 is 0. The largest absolute Gasteiger partial charge is 0.386 e. The second-order valence-corrected chi connectivity index (χ2v) is 6.93. The highest BCUT2D eigenvalue weighted by molar-refractivity contribution is 6.39. The van der Waals surface area contributed by atoms with Crippen LogP contribution in [0.2, 0.25) is 0 Å². The molecule has 0 aromatic carbocycles. The second-order valence-electron chi connectivity index (χ2n) is 6.93. The van der Waals surface area contributed by atoms with Gasteiger partial charge in [-0.25, -0.2) is 4.79 Å². The van der Waals surface area contributed by atoms with E-state index in [-0.39, 0.29) is 11.9 Å². The first-order valence-electron chi connectivity index (χ1n) is 8.61. The first kappa shape index (κ1) is 15.9. The summed E-state index contributed by atoms with van der Waals surface area (Å²) in [5.41, 5.74) is 0.754. The third-order valence-electron chi connectivity index (χ3n) is 4.79. The van der Waals surface area contributed by atoms with E-state index in [1.807, 2.05) is 12.1 Å². The second kappa shape index (κ2) is 6.34. The summed E-state index contributed by atoms with van der Waals surface area (Å²) >= 11 is 0. The van der Waals surface area contributed by atoms with Crippen LogP contribution in [-0.4, -0.2) is 52.3 Å². The fraction of sp³-hybridized carbons (Fsp3) is 0.529. The van der Waals surface area contributed by atoms with Crippen molar-refractivity contribution in [3.8, 4) is 0 Å². The van der Waals surface area contributed by atoms with Crippen molar-refractivity contribution in [3.05, 3.63) is 30.1 Å². The summed E-state index contributed by atoms with van der Waals surface area (Å²) in [5.74, 6) is -0.235. The molecule has 8 nitrogen and oxygen atoms in total. The average Bonchev–Trinajstić information content (AvgIpc) is 3.20. The van der Waals surface area contributed by atoms with Gasteiger partial charge >= 0.3 is 6.03 Å². The van der Waals surface area contributed by atoms with E-state index < -0.39 is 5.60 Å². The lowest BCUT2D eigenvalue weighted by atomic mass is 9.96. The molecule has 1 aromatic heterocycles. The van der Waals surface area contributed by atoms with Crippen LogP contribution in [0.4, 0.5) is 4.79 Å². The number of likely N-dealkylation sites (tertiary alicyclic amines) is 1. The molecule has 1 saturated heterocycles. The van der Waals surface area contributed by atoms with Crippen molar-refractivity contribution in [1.82, 2.24) is 20.5 Å². The van der Waals surface area contributed by atoms with Gasteiger partial charge in [-0.15, -0.1) is 0 Å². The first-order valence-corrected chi connectivity index (χ1v) is 8.61. The van der Waals surface area contributed by atoms with Crippen LogP contribution in [0.1, 0.15) is 31.2 Å². The van der Waals surface area contributed by atoms with E-state index >= 15 is 0 Å². The van der Waals surface area contributed by atoms with Gasteiger partial charge < -0.3 is 20.4 Å². The predicted molar refractivity (Wildman–Crippen MR) is 89.7 cm³/mol. The highest BCUT2D eigenvalue weighted by atomic mass is 16.7. The maximum atomic E-state index is 12.3. The minimum absolute atomic E-state index is 0.0440. The summed E-state index contributed by atoms with van der Waals surface area (Å²) in [6.07, 6.45) is 6.64. The van der Waals surface area contributed by atoms with Gasteiger partial charge in [0, 0.05) is 44.4 Å². The topological polar surface area (TPSA) is 95.9 Å². The number of pyridine rings is 1. The Morgan fingerprint density at radius 1 is 1.40 bits per heavy atom. The molecule has 3 aliphatic rings. The van der Waals surface area contributed by atoms with E-state index in [9.17, 15) is 9.59 Å². The zero-order valence-corrected chi connectivity index (χ0v) is 13.9. The standard InChI is InChI=1S/C17H21N5O3/c23-15(19-10-12-2-1-6-18-9-12)14-8-17(25-21-14)5-7-22(11-17)16(24)20-13-3-4-13/h1-2,6,9,13H,3-5,7-8,10-11H2,(H,19,23)(H,20,24). The lowest BCUT2D eigenvalue weighted by molar-refractivity contribution is -0.115. The highest BCUT2D eigenvalue weighted by Gasteiger charge is 2.48. The maximum absolute atomic E-state index is 12.3. The Kier molecular flexibility index (Phi) is 4.03. The van der Waals surface area contributed by atoms with Crippen LogP contribution in [-0.2, 0) is 16.2 Å². The molecule has 3 heterocycles. The molecule has 2 fully saturated rings. The Bertz CT molecular complexity index is 703. The van der Waals surface area contributed by atoms with E-state index in [0.29, 0.717) is 44.2 Å². The van der Waals surface area contributed by atoms with Crippen LogP contribution >= 0.6 is 0 Å².